The van der Waals surface area contributed by atoms with E-state index < -0.39 is 5.97 Å². The minimum atomic E-state index is -0.701. The highest BCUT2D eigenvalue weighted by Crippen LogP contribution is 2.41. The second-order valence-corrected chi connectivity index (χ2v) is 6.70. The lowest BCUT2D eigenvalue weighted by molar-refractivity contribution is -0.138. The molecule has 0 bridgehead atoms. The standard InChI is InChI=1S/C13H24N2O2/c1-12(2,3)15-7-5-13(10-15)4-6-14(9-13)8-11(16)17/h4-10H2,1-3H3,(H,16,17). The van der Waals surface area contributed by atoms with Gasteiger partial charge in [0, 0.05) is 18.6 Å². The van der Waals surface area contributed by atoms with E-state index in [1.807, 2.05) is 0 Å². The fourth-order valence-electron chi connectivity index (χ4n) is 3.19. The molecular weight excluding hydrogens is 216 g/mol. The summed E-state index contributed by atoms with van der Waals surface area (Å²) in [6, 6.07) is 0. The van der Waals surface area contributed by atoms with Gasteiger partial charge in [-0.05, 0) is 52.1 Å². The molecule has 2 aliphatic rings. The molecule has 1 atom stereocenters. The highest BCUT2D eigenvalue weighted by atomic mass is 16.4. The van der Waals surface area contributed by atoms with E-state index in [1.54, 1.807) is 0 Å². The van der Waals surface area contributed by atoms with Gasteiger partial charge in [0.2, 0.25) is 0 Å². The lowest BCUT2D eigenvalue weighted by atomic mass is 9.86. The van der Waals surface area contributed by atoms with Crippen molar-refractivity contribution >= 4 is 5.97 Å². The zero-order valence-corrected chi connectivity index (χ0v) is 11.2. The smallest absolute Gasteiger partial charge is 0.317 e. The summed E-state index contributed by atoms with van der Waals surface area (Å²) in [6.07, 6.45) is 2.38. The van der Waals surface area contributed by atoms with Crippen LogP contribution < -0.4 is 0 Å². The zero-order valence-electron chi connectivity index (χ0n) is 11.2. The number of carbonyl (C=O) groups is 1. The molecule has 0 aromatic heterocycles. The van der Waals surface area contributed by atoms with Crippen molar-refractivity contribution in [3.63, 3.8) is 0 Å². The van der Waals surface area contributed by atoms with E-state index in [0.29, 0.717) is 5.41 Å². The molecule has 2 saturated heterocycles. The Bertz CT molecular complexity index is 311. The van der Waals surface area contributed by atoms with E-state index in [-0.39, 0.29) is 12.1 Å². The van der Waals surface area contributed by atoms with Crippen LogP contribution in [0.1, 0.15) is 33.6 Å². The molecule has 0 saturated carbocycles. The number of hydrogen-bond donors (Lipinski definition) is 1. The fourth-order valence-corrected chi connectivity index (χ4v) is 3.19. The Morgan fingerprint density at radius 2 is 1.88 bits per heavy atom. The summed E-state index contributed by atoms with van der Waals surface area (Å²) in [7, 11) is 0. The van der Waals surface area contributed by atoms with Crippen LogP contribution in [0.2, 0.25) is 0 Å². The first kappa shape index (κ1) is 12.8. The van der Waals surface area contributed by atoms with Crippen molar-refractivity contribution in [2.45, 2.75) is 39.2 Å². The van der Waals surface area contributed by atoms with Gasteiger partial charge in [-0.2, -0.15) is 0 Å². The maximum Gasteiger partial charge on any atom is 0.317 e. The van der Waals surface area contributed by atoms with Crippen molar-refractivity contribution in [3.8, 4) is 0 Å². The number of rotatable bonds is 2. The second-order valence-electron chi connectivity index (χ2n) is 6.70. The largest absolute Gasteiger partial charge is 0.480 e. The summed E-state index contributed by atoms with van der Waals surface area (Å²) in [5.74, 6) is -0.701. The lowest BCUT2D eigenvalue weighted by Crippen LogP contribution is -2.41. The van der Waals surface area contributed by atoms with Crippen molar-refractivity contribution < 1.29 is 9.90 Å². The molecule has 17 heavy (non-hydrogen) atoms. The number of hydrogen-bond acceptors (Lipinski definition) is 3. The first-order chi connectivity index (χ1) is 7.81. The van der Waals surface area contributed by atoms with Gasteiger partial charge in [-0.3, -0.25) is 14.6 Å². The van der Waals surface area contributed by atoms with Crippen molar-refractivity contribution in [2.24, 2.45) is 5.41 Å². The van der Waals surface area contributed by atoms with Gasteiger partial charge in [0.05, 0.1) is 6.54 Å². The molecule has 98 valence electrons. The number of carboxylic acids is 1. The molecule has 1 N–H and O–H groups in total. The van der Waals surface area contributed by atoms with Gasteiger partial charge in [-0.15, -0.1) is 0 Å². The van der Waals surface area contributed by atoms with Crippen molar-refractivity contribution in [3.05, 3.63) is 0 Å². The molecule has 0 aromatic rings. The van der Waals surface area contributed by atoms with Crippen molar-refractivity contribution in [2.75, 3.05) is 32.7 Å². The minimum Gasteiger partial charge on any atom is -0.480 e. The van der Waals surface area contributed by atoms with Crippen LogP contribution in [0.25, 0.3) is 0 Å². The summed E-state index contributed by atoms with van der Waals surface area (Å²) in [6.45, 7) is 11.2. The molecule has 0 amide bonds. The Hall–Kier alpha value is -0.610. The SMILES string of the molecule is CC(C)(C)N1CCC2(CCN(CC(=O)O)C2)C1. The predicted molar refractivity (Wildman–Crippen MR) is 67.1 cm³/mol. The van der Waals surface area contributed by atoms with Crippen LogP contribution in [-0.2, 0) is 4.79 Å². The van der Waals surface area contributed by atoms with Crippen molar-refractivity contribution in [1.29, 1.82) is 0 Å². The number of nitrogens with zero attached hydrogens (tertiary/aromatic N) is 2. The first-order valence-electron chi connectivity index (χ1n) is 6.50. The first-order valence-corrected chi connectivity index (χ1v) is 6.50. The molecule has 2 rings (SSSR count). The van der Waals surface area contributed by atoms with Crippen LogP contribution in [0.5, 0.6) is 0 Å². The number of carboxylic acid groups (broad SMARTS) is 1. The Balaban J connectivity index is 1.94. The molecule has 1 unspecified atom stereocenters. The third-order valence-electron chi connectivity index (χ3n) is 4.26. The molecule has 4 heteroatoms. The zero-order chi connectivity index (χ0) is 12.7. The summed E-state index contributed by atoms with van der Waals surface area (Å²) in [5, 5.41) is 8.83. The van der Waals surface area contributed by atoms with E-state index in [0.717, 1.165) is 32.6 Å². The van der Waals surface area contributed by atoms with Crippen LogP contribution in [0.15, 0.2) is 0 Å². The monoisotopic (exact) mass is 240 g/mol. The molecular formula is C13H24N2O2. The van der Waals surface area contributed by atoms with Crippen LogP contribution in [-0.4, -0.2) is 59.1 Å². The summed E-state index contributed by atoms with van der Waals surface area (Å²) >= 11 is 0. The van der Waals surface area contributed by atoms with Crippen LogP contribution in [0, 0.1) is 5.41 Å². The summed E-state index contributed by atoms with van der Waals surface area (Å²) in [4.78, 5) is 15.4. The molecule has 2 heterocycles. The quantitative estimate of drug-likeness (QED) is 0.789. The van der Waals surface area contributed by atoms with Gasteiger partial charge >= 0.3 is 5.97 Å². The van der Waals surface area contributed by atoms with Crippen molar-refractivity contribution in [1.82, 2.24) is 9.80 Å². The van der Waals surface area contributed by atoms with E-state index in [2.05, 4.69) is 30.6 Å². The maximum absolute atomic E-state index is 10.7. The third kappa shape index (κ3) is 2.80. The van der Waals surface area contributed by atoms with E-state index >= 15 is 0 Å². The third-order valence-corrected chi connectivity index (χ3v) is 4.26. The molecule has 0 aromatic carbocycles. The molecule has 2 aliphatic heterocycles. The van der Waals surface area contributed by atoms with Gasteiger partial charge < -0.3 is 5.11 Å². The van der Waals surface area contributed by atoms with Gasteiger partial charge in [-0.1, -0.05) is 0 Å². The lowest BCUT2D eigenvalue weighted by Gasteiger charge is -2.33. The minimum absolute atomic E-state index is 0.206. The molecule has 2 fully saturated rings. The highest BCUT2D eigenvalue weighted by Gasteiger charge is 2.45. The molecule has 4 nitrogen and oxygen atoms in total. The summed E-state index contributed by atoms with van der Waals surface area (Å²) in [5.41, 5.74) is 0.604. The molecule has 1 spiro atoms. The average molecular weight is 240 g/mol. The van der Waals surface area contributed by atoms with Gasteiger partial charge in [0.15, 0.2) is 0 Å². The highest BCUT2D eigenvalue weighted by molar-refractivity contribution is 5.69. The Kier molecular flexibility index (Phi) is 3.21. The van der Waals surface area contributed by atoms with Crippen LogP contribution >= 0.6 is 0 Å². The number of likely N-dealkylation sites (tertiary alicyclic amines) is 2. The van der Waals surface area contributed by atoms with Crippen LogP contribution in [0.4, 0.5) is 0 Å². The summed E-state index contributed by atoms with van der Waals surface area (Å²) < 4.78 is 0. The van der Waals surface area contributed by atoms with Gasteiger partial charge in [0.25, 0.3) is 0 Å². The van der Waals surface area contributed by atoms with E-state index in [9.17, 15) is 4.79 Å². The maximum atomic E-state index is 10.7. The Labute approximate surface area is 104 Å². The molecule has 0 aliphatic carbocycles. The van der Waals surface area contributed by atoms with Crippen LogP contribution in [0.3, 0.4) is 0 Å². The normalized spacial score (nSPS) is 31.5. The topological polar surface area (TPSA) is 43.8 Å². The van der Waals surface area contributed by atoms with Gasteiger partial charge in [-0.25, -0.2) is 0 Å². The van der Waals surface area contributed by atoms with Gasteiger partial charge in [0.1, 0.15) is 0 Å². The number of aliphatic carboxylic acids is 1. The fraction of sp³-hybridized carbons (Fsp3) is 0.923. The molecule has 0 radical (unpaired) electrons. The Morgan fingerprint density at radius 3 is 2.41 bits per heavy atom. The predicted octanol–water partition coefficient (Wildman–Crippen LogP) is 1.27. The second kappa shape index (κ2) is 4.25. The average Bonchev–Trinajstić information content (AvgIpc) is 2.73. The Morgan fingerprint density at radius 1 is 1.24 bits per heavy atom. The van der Waals surface area contributed by atoms with E-state index in [1.165, 1.54) is 6.42 Å². The van der Waals surface area contributed by atoms with E-state index in [4.69, 9.17) is 5.11 Å².